The molecule has 8 nitrogen and oxygen atoms in total. The van der Waals surface area contributed by atoms with Crippen LogP contribution in [0.4, 0.5) is 16.3 Å². The van der Waals surface area contributed by atoms with E-state index in [9.17, 15) is 10.1 Å². The third-order valence-electron chi connectivity index (χ3n) is 4.95. The molecule has 30 heavy (non-hydrogen) atoms. The number of rotatable bonds is 3. The van der Waals surface area contributed by atoms with Crippen LogP contribution in [0.1, 0.15) is 5.56 Å². The maximum atomic E-state index is 12.8. The van der Waals surface area contributed by atoms with Crippen molar-refractivity contribution in [1.82, 2.24) is 14.9 Å². The summed E-state index contributed by atoms with van der Waals surface area (Å²) < 4.78 is 5.29. The van der Waals surface area contributed by atoms with Crippen LogP contribution < -0.4 is 15.0 Å². The van der Waals surface area contributed by atoms with Crippen molar-refractivity contribution in [3.8, 4) is 11.9 Å². The number of nitrogens with one attached hydrogen (secondary N) is 1. The fraction of sp³-hybridized carbons (Fsp3) is 0.238. The number of benzene rings is 2. The molecule has 152 valence electrons. The quantitative estimate of drug-likeness (QED) is 0.694. The minimum Gasteiger partial charge on any atom is -0.478 e. The van der Waals surface area contributed by atoms with Crippen molar-refractivity contribution in [2.75, 3.05) is 43.5 Å². The number of fused-ring (bicyclic) bond motifs is 1. The minimum absolute atomic E-state index is 0.236. The number of urea groups is 1. The minimum atomic E-state index is -0.280. The Kier molecular flexibility index (Phi) is 5.55. The lowest BCUT2D eigenvalue weighted by atomic mass is 10.1. The normalized spacial score (nSPS) is 13.8. The third kappa shape index (κ3) is 3.93. The van der Waals surface area contributed by atoms with Crippen LogP contribution in [0.3, 0.4) is 0 Å². The van der Waals surface area contributed by atoms with E-state index in [4.69, 9.17) is 16.3 Å². The molecule has 0 aliphatic carbocycles. The first-order valence-corrected chi connectivity index (χ1v) is 9.78. The lowest BCUT2D eigenvalue weighted by Gasteiger charge is -2.36. The molecule has 1 fully saturated rings. The van der Waals surface area contributed by atoms with Gasteiger partial charge in [0.2, 0.25) is 0 Å². The number of aromatic nitrogens is 2. The van der Waals surface area contributed by atoms with Gasteiger partial charge in [-0.2, -0.15) is 5.26 Å². The molecule has 2 aromatic carbocycles. The van der Waals surface area contributed by atoms with E-state index in [-0.39, 0.29) is 17.7 Å². The molecule has 1 N–H and O–H groups in total. The highest BCUT2D eigenvalue weighted by Crippen LogP contribution is 2.26. The van der Waals surface area contributed by atoms with Gasteiger partial charge in [-0.1, -0.05) is 23.7 Å². The molecule has 3 aromatic rings. The van der Waals surface area contributed by atoms with E-state index in [2.05, 4.69) is 26.3 Å². The third-order valence-corrected chi connectivity index (χ3v) is 5.18. The number of nitrogens with zero attached hydrogens (tertiary/aromatic N) is 5. The molecule has 0 bridgehead atoms. The molecule has 1 aliphatic heterocycles. The fourth-order valence-corrected chi connectivity index (χ4v) is 3.58. The largest absolute Gasteiger partial charge is 0.478 e. The number of nitriles is 1. The molecular formula is C21H19ClN6O2. The molecular weight excluding hydrogens is 404 g/mol. The number of piperazine rings is 1. The number of amides is 2. The van der Waals surface area contributed by atoms with Crippen molar-refractivity contribution >= 4 is 40.2 Å². The second kappa shape index (κ2) is 8.43. The van der Waals surface area contributed by atoms with E-state index in [1.54, 1.807) is 29.2 Å². The highest BCUT2D eigenvalue weighted by molar-refractivity contribution is 6.31. The van der Waals surface area contributed by atoms with Crippen LogP contribution >= 0.6 is 11.6 Å². The fourth-order valence-electron chi connectivity index (χ4n) is 3.41. The number of hydrogen-bond acceptors (Lipinski definition) is 6. The molecule has 0 radical (unpaired) electrons. The summed E-state index contributed by atoms with van der Waals surface area (Å²) in [5.41, 5.74) is 2.71. The lowest BCUT2D eigenvalue weighted by molar-refractivity contribution is 0.208. The second-order valence-corrected chi connectivity index (χ2v) is 7.18. The average molecular weight is 423 g/mol. The van der Waals surface area contributed by atoms with E-state index in [0.29, 0.717) is 47.8 Å². The van der Waals surface area contributed by atoms with Gasteiger partial charge in [-0.3, -0.25) is 5.32 Å². The molecule has 1 aliphatic rings. The number of ether oxygens (including phenoxy) is 1. The molecule has 2 heterocycles. The number of carbonyl (C=O) groups is 1. The predicted octanol–water partition coefficient (Wildman–Crippen LogP) is 3.52. The molecule has 0 spiro atoms. The van der Waals surface area contributed by atoms with Crippen LogP contribution in [0.15, 0.2) is 42.5 Å². The Labute approximate surface area is 178 Å². The number of carbonyl (C=O) groups excluding carboxylic acids is 1. The summed E-state index contributed by atoms with van der Waals surface area (Å²) in [6, 6.07) is 14.6. The Morgan fingerprint density at radius 1 is 1.13 bits per heavy atom. The summed E-state index contributed by atoms with van der Waals surface area (Å²) in [4.78, 5) is 25.5. The number of para-hydroxylation sites is 1. The molecule has 0 atom stereocenters. The molecule has 2 amide bonds. The van der Waals surface area contributed by atoms with E-state index >= 15 is 0 Å². The Bertz CT molecular complexity index is 1140. The highest BCUT2D eigenvalue weighted by atomic mass is 35.5. The Morgan fingerprint density at radius 3 is 2.63 bits per heavy atom. The first-order chi connectivity index (χ1) is 14.6. The first-order valence-electron chi connectivity index (χ1n) is 9.40. The van der Waals surface area contributed by atoms with Gasteiger partial charge in [0.1, 0.15) is 6.07 Å². The summed E-state index contributed by atoms with van der Waals surface area (Å²) in [6.45, 7) is 2.28. The topological polar surface area (TPSA) is 94.4 Å². The number of anilines is 2. The molecule has 1 saturated heterocycles. The first kappa shape index (κ1) is 19.7. The van der Waals surface area contributed by atoms with Gasteiger partial charge in [0.05, 0.1) is 29.4 Å². The molecule has 0 saturated carbocycles. The average Bonchev–Trinajstić information content (AvgIpc) is 2.78. The van der Waals surface area contributed by atoms with Gasteiger partial charge in [-0.05, 0) is 30.3 Å². The van der Waals surface area contributed by atoms with Crippen molar-refractivity contribution in [2.24, 2.45) is 0 Å². The van der Waals surface area contributed by atoms with Gasteiger partial charge in [-0.25, -0.2) is 14.8 Å². The van der Waals surface area contributed by atoms with Crippen LogP contribution in [-0.4, -0.2) is 54.2 Å². The van der Waals surface area contributed by atoms with E-state index in [0.717, 1.165) is 5.69 Å². The van der Waals surface area contributed by atoms with Crippen LogP contribution in [-0.2, 0) is 0 Å². The molecule has 4 rings (SSSR count). The predicted molar refractivity (Wildman–Crippen MR) is 115 cm³/mol. The zero-order valence-corrected chi connectivity index (χ0v) is 17.1. The van der Waals surface area contributed by atoms with Crippen molar-refractivity contribution in [3.63, 3.8) is 0 Å². The number of methoxy groups -OCH3 is 1. The van der Waals surface area contributed by atoms with E-state index < -0.39 is 0 Å². The summed E-state index contributed by atoms with van der Waals surface area (Å²) >= 11 is 6.04. The van der Waals surface area contributed by atoms with Gasteiger partial charge in [0.25, 0.3) is 5.88 Å². The van der Waals surface area contributed by atoms with Crippen LogP contribution in [0.2, 0.25) is 5.02 Å². The summed E-state index contributed by atoms with van der Waals surface area (Å²) in [5.74, 6) is 0.481. The zero-order valence-electron chi connectivity index (χ0n) is 16.3. The smallest absolute Gasteiger partial charge is 0.323 e. The Morgan fingerprint density at radius 2 is 1.90 bits per heavy atom. The van der Waals surface area contributed by atoms with Crippen LogP contribution in [0.25, 0.3) is 11.0 Å². The molecule has 9 heteroatoms. The van der Waals surface area contributed by atoms with Gasteiger partial charge in [0, 0.05) is 31.2 Å². The van der Waals surface area contributed by atoms with Crippen molar-refractivity contribution in [3.05, 3.63) is 53.1 Å². The van der Waals surface area contributed by atoms with Gasteiger partial charge in [-0.15, -0.1) is 0 Å². The Hall–Kier alpha value is -3.57. The summed E-state index contributed by atoms with van der Waals surface area (Å²) in [5, 5.41) is 12.6. The van der Waals surface area contributed by atoms with E-state index in [1.807, 2.05) is 18.2 Å². The lowest BCUT2D eigenvalue weighted by Crippen LogP contribution is -2.50. The van der Waals surface area contributed by atoms with Crippen molar-refractivity contribution < 1.29 is 9.53 Å². The van der Waals surface area contributed by atoms with Gasteiger partial charge >= 0.3 is 6.03 Å². The monoisotopic (exact) mass is 422 g/mol. The molecule has 1 aromatic heterocycles. The highest BCUT2D eigenvalue weighted by Gasteiger charge is 2.24. The second-order valence-electron chi connectivity index (χ2n) is 6.75. The standard InChI is InChI=1S/C21H19ClN6O2/c1-30-20-19(24-17-12-15(22)6-7-16(17)25-20)26-21(29)28-10-8-27(9-11-28)18-5-3-2-4-14(18)13-23/h2-7,12H,8-11H2,1H3,(H,24,26,29). The molecule has 0 unspecified atom stereocenters. The summed E-state index contributed by atoms with van der Waals surface area (Å²) in [6.07, 6.45) is 0. The number of halogens is 1. The maximum absolute atomic E-state index is 12.8. The number of hydrogen-bond donors (Lipinski definition) is 1. The van der Waals surface area contributed by atoms with E-state index in [1.165, 1.54) is 7.11 Å². The van der Waals surface area contributed by atoms with Crippen molar-refractivity contribution in [1.29, 1.82) is 5.26 Å². The van der Waals surface area contributed by atoms with Crippen LogP contribution in [0, 0.1) is 11.3 Å². The maximum Gasteiger partial charge on any atom is 0.323 e. The van der Waals surface area contributed by atoms with Crippen molar-refractivity contribution in [2.45, 2.75) is 0 Å². The van der Waals surface area contributed by atoms with Crippen LogP contribution in [0.5, 0.6) is 5.88 Å². The SMILES string of the molecule is COc1nc2ccc(Cl)cc2nc1NC(=O)N1CCN(c2ccccc2C#N)CC1. The van der Waals surface area contributed by atoms with Gasteiger partial charge < -0.3 is 14.5 Å². The van der Waals surface area contributed by atoms with Gasteiger partial charge in [0.15, 0.2) is 5.82 Å². The summed E-state index contributed by atoms with van der Waals surface area (Å²) in [7, 11) is 1.48. The Balaban J connectivity index is 1.47. The zero-order chi connectivity index (χ0) is 21.1.